The van der Waals surface area contributed by atoms with Gasteiger partial charge < -0.3 is 14.5 Å². The van der Waals surface area contributed by atoms with Gasteiger partial charge in [0.2, 0.25) is 11.8 Å². The summed E-state index contributed by atoms with van der Waals surface area (Å²) in [4.78, 5) is 27.9. The summed E-state index contributed by atoms with van der Waals surface area (Å²) in [5.74, 6) is 0.818. The maximum Gasteiger partial charge on any atom is 0.224 e. The highest BCUT2D eigenvalue weighted by Gasteiger charge is 2.16. The fourth-order valence-corrected chi connectivity index (χ4v) is 2.62. The molecule has 0 fully saturated rings. The lowest BCUT2D eigenvalue weighted by Crippen LogP contribution is -2.37. The molecular weight excluding hydrogens is 304 g/mol. The second-order valence-corrected chi connectivity index (χ2v) is 5.73. The minimum atomic E-state index is -0.0653. The molecule has 1 aromatic rings. The summed E-state index contributed by atoms with van der Waals surface area (Å²) in [6.07, 6.45) is 2.23. The molecular formula is C19H30N2O3. The molecule has 0 N–H and O–H groups in total. The highest BCUT2D eigenvalue weighted by atomic mass is 16.5. The van der Waals surface area contributed by atoms with Crippen molar-refractivity contribution >= 4 is 17.5 Å². The fourth-order valence-electron chi connectivity index (χ4n) is 2.62. The zero-order valence-electron chi connectivity index (χ0n) is 15.4. The van der Waals surface area contributed by atoms with Crippen molar-refractivity contribution in [1.82, 2.24) is 4.90 Å². The van der Waals surface area contributed by atoms with Crippen molar-refractivity contribution in [2.24, 2.45) is 0 Å². The quantitative estimate of drug-likeness (QED) is 0.658. The third kappa shape index (κ3) is 6.22. The number of hydrogen-bond donors (Lipinski definition) is 0. The van der Waals surface area contributed by atoms with Crippen LogP contribution in [0.1, 0.15) is 47.0 Å². The van der Waals surface area contributed by atoms with Crippen LogP contribution in [0.25, 0.3) is 0 Å². The minimum Gasteiger partial charge on any atom is -0.494 e. The summed E-state index contributed by atoms with van der Waals surface area (Å²) in [5.41, 5.74) is 0.788. The first-order valence-corrected chi connectivity index (χ1v) is 8.82. The van der Waals surface area contributed by atoms with Crippen molar-refractivity contribution in [3.63, 3.8) is 0 Å². The first kappa shape index (κ1) is 20.0. The van der Waals surface area contributed by atoms with Gasteiger partial charge in [0.1, 0.15) is 5.75 Å². The Morgan fingerprint density at radius 3 is 2.00 bits per heavy atom. The summed E-state index contributed by atoms with van der Waals surface area (Å²) >= 11 is 0. The molecule has 0 aliphatic rings. The van der Waals surface area contributed by atoms with Crippen molar-refractivity contribution < 1.29 is 14.3 Å². The van der Waals surface area contributed by atoms with Gasteiger partial charge in [-0.2, -0.15) is 0 Å². The first-order valence-electron chi connectivity index (χ1n) is 8.82. The minimum absolute atomic E-state index is 0.0653. The standard InChI is InChI=1S/C19H30N2O3/c1-5-13-20(14-6-2)19(23)12-15-21(16(4)22)17-8-10-18(11-9-17)24-7-3/h8-11H,5-7,12-15H2,1-4H3. The molecule has 0 saturated carbocycles. The van der Waals surface area contributed by atoms with Crippen LogP contribution in [-0.4, -0.2) is 43.0 Å². The summed E-state index contributed by atoms with van der Waals surface area (Å²) in [7, 11) is 0. The molecule has 1 aromatic carbocycles. The summed E-state index contributed by atoms with van der Waals surface area (Å²) in [6.45, 7) is 10.1. The van der Waals surface area contributed by atoms with E-state index in [1.807, 2.05) is 36.1 Å². The van der Waals surface area contributed by atoms with E-state index in [0.717, 1.165) is 37.4 Å². The van der Waals surface area contributed by atoms with E-state index < -0.39 is 0 Å². The Labute approximate surface area is 145 Å². The lowest BCUT2D eigenvalue weighted by molar-refractivity contribution is -0.131. The number of hydrogen-bond acceptors (Lipinski definition) is 3. The maximum absolute atomic E-state index is 12.4. The molecule has 2 amide bonds. The molecule has 0 atom stereocenters. The molecule has 0 aromatic heterocycles. The van der Waals surface area contributed by atoms with Gasteiger partial charge in [-0.25, -0.2) is 0 Å². The number of nitrogens with zero attached hydrogens (tertiary/aromatic N) is 2. The zero-order chi connectivity index (χ0) is 17.9. The Kier molecular flexibility index (Phi) is 8.90. The maximum atomic E-state index is 12.4. The summed E-state index contributed by atoms with van der Waals surface area (Å²) in [6, 6.07) is 7.40. The molecule has 0 aliphatic carbocycles. The SMILES string of the molecule is CCCN(CCC)C(=O)CCN(C(C)=O)c1ccc(OCC)cc1. The molecule has 134 valence electrons. The molecule has 0 unspecified atom stereocenters. The van der Waals surface area contributed by atoms with Crippen LogP contribution >= 0.6 is 0 Å². The van der Waals surface area contributed by atoms with Crippen molar-refractivity contribution in [3.8, 4) is 5.75 Å². The molecule has 0 bridgehead atoms. The Morgan fingerprint density at radius 2 is 1.54 bits per heavy atom. The summed E-state index contributed by atoms with van der Waals surface area (Å²) in [5, 5.41) is 0. The van der Waals surface area contributed by atoms with E-state index in [-0.39, 0.29) is 11.8 Å². The smallest absolute Gasteiger partial charge is 0.224 e. The highest BCUT2D eigenvalue weighted by molar-refractivity contribution is 5.92. The van der Waals surface area contributed by atoms with Crippen molar-refractivity contribution in [3.05, 3.63) is 24.3 Å². The van der Waals surface area contributed by atoms with Crippen LogP contribution in [-0.2, 0) is 9.59 Å². The molecule has 0 saturated heterocycles. The Bertz CT molecular complexity index is 508. The number of benzene rings is 1. The van der Waals surface area contributed by atoms with Crippen molar-refractivity contribution in [1.29, 1.82) is 0 Å². The topological polar surface area (TPSA) is 49.9 Å². The third-order valence-electron chi connectivity index (χ3n) is 3.73. The summed E-state index contributed by atoms with van der Waals surface area (Å²) < 4.78 is 5.42. The van der Waals surface area contributed by atoms with Gasteiger partial charge in [-0.3, -0.25) is 9.59 Å². The van der Waals surface area contributed by atoms with Gasteiger partial charge in [0.05, 0.1) is 6.61 Å². The first-order chi connectivity index (χ1) is 11.5. The number of amides is 2. The number of carbonyl (C=O) groups is 2. The molecule has 0 aliphatic heterocycles. The third-order valence-corrected chi connectivity index (χ3v) is 3.73. The fraction of sp³-hybridized carbons (Fsp3) is 0.579. The van der Waals surface area contributed by atoms with Gasteiger partial charge >= 0.3 is 0 Å². The normalized spacial score (nSPS) is 10.3. The molecule has 5 nitrogen and oxygen atoms in total. The van der Waals surface area contributed by atoms with Crippen molar-refractivity contribution in [2.75, 3.05) is 31.1 Å². The van der Waals surface area contributed by atoms with Crippen LogP contribution in [0.4, 0.5) is 5.69 Å². The second-order valence-electron chi connectivity index (χ2n) is 5.73. The van der Waals surface area contributed by atoms with E-state index in [1.165, 1.54) is 6.92 Å². The Morgan fingerprint density at radius 1 is 0.958 bits per heavy atom. The average molecular weight is 334 g/mol. The monoisotopic (exact) mass is 334 g/mol. The zero-order valence-corrected chi connectivity index (χ0v) is 15.4. The Hall–Kier alpha value is -2.04. The molecule has 24 heavy (non-hydrogen) atoms. The van der Waals surface area contributed by atoms with Gasteiger partial charge in [0.15, 0.2) is 0 Å². The van der Waals surface area contributed by atoms with E-state index in [9.17, 15) is 9.59 Å². The predicted molar refractivity (Wildman–Crippen MR) is 97.4 cm³/mol. The lowest BCUT2D eigenvalue weighted by Gasteiger charge is -2.25. The van der Waals surface area contributed by atoms with Crippen LogP contribution in [0.5, 0.6) is 5.75 Å². The van der Waals surface area contributed by atoms with Crippen LogP contribution < -0.4 is 9.64 Å². The number of ether oxygens (including phenoxy) is 1. The van der Waals surface area contributed by atoms with Gasteiger partial charge in [-0.15, -0.1) is 0 Å². The molecule has 1 rings (SSSR count). The van der Waals surface area contributed by atoms with Gasteiger partial charge in [0, 0.05) is 38.7 Å². The largest absolute Gasteiger partial charge is 0.494 e. The molecule has 0 heterocycles. The van der Waals surface area contributed by atoms with Gasteiger partial charge in [0.25, 0.3) is 0 Å². The molecule has 0 radical (unpaired) electrons. The van der Waals surface area contributed by atoms with Crippen LogP contribution in [0.15, 0.2) is 24.3 Å². The second kappa shape index (κ2) is 10.7. The number of anilines is 1. The van der Waals surface area contributed by atoms with Crippen LogP contribution in [0.3, 0.4) is 0 Å². The molecule has 5 heteroatoms. The van der Waals surface area contributed by atoms with E-state index in [2.05, 4.69) is 13.8 Å². The van der Waals surface area contributed by atoms with Crippen LogP contribution in [0, 0.1) is 0 Å². The van der Waals surface area contributed by atoms with Crippen molar-refractivity contribution in [2.45, 2.75) is 47.0 Å². The van der Waals surface area contributed by atoms with E-state index >= 15 is 0 Å². The number of carbonyl (C=O) groups excluding carboxylic acids is 2. The Balaban J connectivity index is 2.72. The predicted octanol–water partition coefficient (Wildman–Crippen LogP) is 3.48. The van der Waals surface area contributed by atoms with E-state index in [4.69, 9.17) is 4.74 Å². The van der Waals surface area contributed by atoms with Gasteiger partial charge in [-0.05, 0) is 44.0 Å². The van der Waals surface area contributed by atoms with E-state index in [0.29, 0.717) is 19.6 Å². The lowest BCUT2D eigenvalue weighted by atomic mass is 10.2. The van der Waals surface area contributed by atoms with Crippen LogP contribution in [0.2, 0.25) is 0 Å². The van der Waals surface area contributed by atoms with Gasteiger partial charge in [-0.1, -0.05) is 13.8 Å². The molecule has 0 spiro atoms. The number of rotatable bonds is 10. The van der Waals surface area contributed by atoms with E-state index in [1.54, 1.807) is 4.90 Å². The average Bonchev–Trinajstić information content (AvgIpc) is 2.56. The highest BCUT2D eigenvalue weighted by Crippen LogP contribution is 2.20.